The summed E-state index contributed by atoms with van der Waals surface area (Å²) in [4.78, 5) is 10.0. The maximum Gasteiger partial charge on any atom is 0.178 e. The van der Waals surface area contributed by atoms with E-state index in [0.29, 0.717) is 17.1 Å². The van der Waals surface area contributed by atoms with Gasteiger partial charge in [0.15, 0.2) is 9.84 Å². The Balaban J connectivity index is 1.90. The molecule has 1 saturated heterocycles. The first-order valence-corrected chi connectivity index (χ1v) is 9.32. The maximum absolute atomic E-state index is 11.9. The molecule has 0 bridgehead atoms. The van der Waals surface area contributed by atoms with E-state index in [-0.39, 0.29) is 6.04 Å². The highest BCUT2D eigenvalue weighted by Gasteiger charge is 2.30. The van der Waals surface area contributed by atoms with Crippen LogP contribution in [-0.2, 0) is 16.4 Å². The minimum absolute atomic E-state index is 0.0390. The van der Waals surface area contributed by atoms with E-state index in [1.54, 1.807) is 6.33 Å². The molecule has 0 radical (unpaired) electrons. The molecule has 1 aliphatic rings. The number of rotatable bonds is 4. The van der Waals surface area contributed by atoms with Gasteiger partial charge in [0.05, 0.1) is 30.0 Å². The van der Waals surface area contributed by atoms with Crippen molar-refractivity contribution in [3.05, 3.63) is 29.6 Å². The maximum atomic E-state index is 11.9. The fourth-order valence-electron chi connectivity index (χ4n) is 3.07. The average molecular weight is 323 g/mol. The van der Waals surface area contributed by atoms with Gasteiger partial charge in [-0.2, -0.15) is 5.10 Å². The van der Waals surface area contributed by atoms with Crippen LogP contribution in [0.25, 0.3) is 0 Å². The van der Waals surface area contributed by atoms with Crippen molar-refractivity contribution in [3.8, 4) is 0 Å². The molecule has 1 atom stereocenters. The van der Waals surface area contributed by atoms with E-state index >= 15 is 0 Å². The molecule has 2 aromatic rings. The van der Waals surface area contributed by atoms with Crippen molar-refractivity contribution in [1.29, 1.82) is 0 Å². The van der Waals surface area contributed by atoms with Gasteiger partial charge >= 0.3 is 0 Å². The average Bonchev–Trinajstić information content (AvgIpc) is 3.09. The SMILES string of the molecule is Cc1[nH]cnc1CN1CCCC[C@@H]1c1[nH]ncc1S(C)(=O)=O. The van der Waals surface area contributed by atoms with Crippen molar-refractivity contribution in [1.82, 2.24) is 25.1 Å². The van der Waals surface area contributed by atoms with Crippen molar-refractivity contribution in [3.63, 3.8) is 0 Å². The summed E-state index contributed by atoms with van der Waals surface area (Å²) in [6, 6.07) is 0.0390. The normalized spacial score (nSPS) is 20.4. The number of piperidine rings is 1. The Morgan fingerprint density at radius 1 is 1.41 bits per heavy atom. The predicted molar refractivity (Wildman–Crippen MR) is 82.0 cm³/mol. The van der Waals surface area contributed by atoms with Crippen molar-refractivity contribution in [2.45, 2.75) is 43.7 Å². The van der Waals surface area contributed by atoms with Crippen molar-refractivity contribution < 1.29 is 8.42 Å². The van der Waals surface area contributed by atoms with Crippen LogP contribution in [0.2, 0.25) is 0 Å². The fourth-order valence-corrected chi connectivity index (χ4v) is 3.89. The minimum atomic E-state index is -3.28. The number of likely N-dealkylation sites (tertiary alicyclic amines) is 1. The number of nitrogens with one attached hydrogen (secondary N) is 2. The number of hydrogen-bond donors (Lipinski definition) is 2. The number of hydrogen-bond acceptors (Lipinski definition) is 5. The van der Waals surface area contributed by atoms with Crippen molar-refractivity contribution in [2.24, 2.45) is 0 Å². The van der Waals surface area contributed by atoms with Crippen LogP contribution < -0.4 is 0 Å². The lowest BCUT2D eigenvalue weighted by molar-refractivity contribution is 0.133. The second kappa shape index (κ2) is 5.85. The van der Waals surface area contributed by atoms with Gasteiger partial charge in [-0.05, 0) is 26.3 Å². The minimum Gasteiger partial charge on any atom is -0.348 e. The summed E-state index contributed by atoms with van der Waals surface area (Å²) in [5.41, 5.74) is 2.76. The van der Waals surface area contributed by atoms with E-state index in [2.05, 4.69) is 25.1 Å². The number of sulfone groups is 1. The standard InChI is InChI=1S/C14H21N5O2S/c1-10-11(16-9-15-10)8-19-6-4-3-5-12(19)14-13(7-17-18-14)22(2,20)21/h7,9,12H,3-6,8H2,1-2H3,(H,15,16)(H,17,18)/t12-/m1/s1. The molecule has 0 aliphatic carbocycles. The second-order valence-corrected chi connectivity index (χ2v) is 7.86. The lowest BCUT2D eigenvalue weighted by atomic mass is 9.99. The Morgan fingerprint density at radius 2 is 2.23 bits per heavy atom. The van der Waals surface area contributed by atoms with E-state index < -0.39 is 9.84 Å². The van der Waals surface area contributed by atoms with E-state index in [4.69, 9.17) is 0 Å². The third-order valence-electron chi connectivity index (χ3n) is 4.27. The van der Waals surface area contributed by atoms with Gasteiger partial charge in [0.2, 0.25) is 0 Å². The lowest BCUT2D eigenvalue weighted by Crippen LogP contribution is -2.34. The van der Waals surface area contributed by atoms with E-state index in [9.17, 15) is 8.42 Å². The smallest absolute Gasteiger partial charge is 0.178 e. The molecule has 2 aromatic heterocycles. The molecule has 120 valence electrons. The second-order valence-electron chi connectivity index (χ2n) is 5.88. The van der Waals surface area contributed by atoms with Crippen molar-refractivity contribution in [2.75, 3.05) is 12.8 Å². The molecular formula is C14H21N5O2S. The fraction of sp³-hybridized carbons (Fsp3) is 0.571. The zero-order valence-corrected chi connectivity index (χ0v) is 13.7. The summed E-state index contributed by atoms with van der Waals surface area (Å²) >= 11 is 0. The molecule has 22 heavy (non-hydrogen) atoms. The largest absolute Gasteiger partial charge is 0.348 e. The zero-order valence-electron chi connectivity index (χ0n) is 12.8. The zero-order chi connectivity index (χ0) is 15.7. The number of H-pyrrole nitrogens is 2. The number of aryl methyl sites for hydroxylation is 1. The predicted octanol–water partition coefficient (Wildman–Crippen LogP) is 1.57. The first kappa shape index (κ1) is 15.2. The highest BCUT2D eigenvalue weighted by atomic mass is 32.2. The van der Waals surface area contributed by atoms with E-state index in [1.165, 1.54) is 12.5 Å². The van der Waals surface area contributed by atoms with Crippen LogP contribution in [0.15, 0.2) is 17.4 Å². The number of aromatic nitrogens is 4. The summed E-state index contributed by atoms with van der Waals surface area (Å²) in [6.07, 6.45) is 7.46. The third kappa shape index (κ3) is 2.93. The Labute approximate surface area is 130 Å². The van der Waals surface area contributed by atoms with Crippen LogP contribution in [0.3, 0.4) is 0 Å². The monoisotopic (exact) mass is 323 g/mol. The number of imidazole rings is 1. The molecule has 2 N–H and O–H groups in total. The summed E-state index contributed by atoms with van der Waals surface area (Å²) in [6.45, 7) is 3.64. The van der Waals surface area contributed by atoms with Gasteiger partial charge in [-0.1, -0.05) is 6.42 Å². The molecular weight excluding hydrogens is 302 g/mol. The van der Waals surface area contributed by atoms with Gasteiger partial charge in [-0.3, -0.25) is 10.00 Å². The molecule has 0 amide bonds. The Morgan fingerprint density at radius 3 is 2.91 bits per heavy atom. The molecule has 0 aromatic carbocycles. The topological polar surface area (TPSA) is 94.7 Å². The quantitative estimate of drug-likeness (QED) is 0.890. The first-order chi connectivity index (χ1) is 10.5. The Hall–Kier alpha value is -1.67. The Bertz CT molecular complexity index is 749. The molecule has 3 heterocycles. The Kier molecular flexibility index (Phi) is 4.05. The molecule has 1 fully saturated rings. The summed E-state index contributed by atoms with van der Waals surface area (Å²) in [5, 5.41) is 6.87. The van der Waals surface area contributed by atoms with Crippen LogP contribution >= 0.6 is 0 Å². The molecule has 7 nitrogen and oxygen atoms in total. The molecule has 1 aliphatic heterocycles. The van der Waals surface area contributed by atoms with Gasteiger partial charge in [0.1, 0.15) is 4.90 Å². The van der Waals surface area contributed by atoms with Crippen LogP contribution in [0.1, 0.15) is 42.4 Å². The lowest BCUT2D eigenvalue weighted by Gasteiger charge is -2.35. The summed E-state index contributed by atoms with van der Waals surface area (Å²) in [5.74, 6) is 0. The van der Waals surface area contributed by atoms with Crippen LogP contribution in [0.4, 0.5) is 0 Å². The van der Waals surface area contributed by atoms with Crippen LogP contribution in [0, 0.1) is 6.92 Å². The van der Waals surface area contributed by atoms with Gasteiger partial charge in [0, 0.05) is 18.5 Å². The van der Waals surface area contributed by atoms with Gasteiger partial charge in [-0.15, -0.1) is 0 Å². The van der Waals surface area contributed by atoms with Crippen LogP contribution in [-0.4, -0.2) is 46.3 Å². The van der Waals surface area contributed by atoms with Crippen LogP contribution in [0.5, 0.6) is 0 Å². The number of nitrogens with zero attached hydrogens (tertiary/aromatic N) is 3. The number of aromatic amines is 2. The highest BCUT2D eigenvalue weighted by Crippen LogP contribution is 2.34. The molecule has 0 spiro atoms. The molecule has 8 heteroatoms. The molecule has 3 rings (SSSR count). The van der Waals surface area contributed by atoms with Crippen molar-refractivity contribution >= 4 is 9.84 Å². The third-order valence-corrected chi connectivity index (χ3v) is 5.39. The van der Waals surface area contributed by atoms with E-state index in [1.807, 2.05) is 6.92 Å². The van der Waals surface area contributed by atoms with E-state index in [0.717, 1.165) is 37.2 Å². The summed E-state index contributed by atoms with van der Waals surface area (Å²) < 4.78 is 23.9. The van der Waals surface area contributed by atoms with Gasteiger partial charge in [-0.25, -0.2) is 13.4 Å². The highest BCUT2D eigenvalue weighted by molar-refractivity contribution is 7.90. The summed E-state index contributed by atoms with van der Waals surface area (Å²) in [7, 11) is -3.28. The first-order valence-electron chi connectivity index (χ1n) is 7.43. The van der Waals surface area contributed by atoms with Gasteiger partial charge in [0.25, 0.3) is 0 Å². The molecule has 0 saturated carbocycles. The van der Waals surface area contributed by atoms with Gasteiger partial charge < -0.3 is 4.98 Å². The molecule has 0 unspecified atom stereocenters.